The quantitative estimate of drug-likeness (QED) is 0.655. The number of halogens is 1. The Morgan fingerprint density at radius 2 is 1.59 bits per heavy atom. The van der Waals surface area contributed by atoms with Crippen molar-refractivity contribution in [2.75, 3.05) is 32.8 Å². The standard InChI is InChI=1S/C25H29FN2O5S/c26-20-5-7-21(8-6-20)34(30,31)27-13-10-18(11-14-27)25(29)28-12-1-3-22(28)19-4-9-23-24(17-19)33-16-2-15-32-23/h4-9,17-18,22H,1-3,10-16H2/t22-/m0/s1. The van der Waals surface area contributed by atoms with Crippen LogP contribution in [0.25, 0.3) is 0 Å². The second kappa shape index (κ2) is 9.54. The van der Waals surface area contributed by atoms with Crippen LogP contribution in [-0.4, -0.2) is 56.4 Å². The summed E-state index contributed by atoms with van der Waals surface area (Å²) in [5.74, 6) is 0.881. The smallest absolute Gasteiger partial charge is 0.243 e. The highest BCUT2D eigenvalue weighted by atomic mass is 32.2. The van der Waals surface area contributed by atoms with Crippen molar-refractivity contribution < 1.29 is 27.1 Å². The number of piperidine rings is 1. The van der Waals surface area contributed by atoms with Crippen molar-refractivity contribution in [2.45, 2.75) is 43.0 Å². The largest absolute Gasteiger partial charge is 0.490 e. The van der Waals surface area contributed by atoms with Crippen LogP contribution >= 0.6 is 0 Å². The first-order chi connectivity index (χ1) is 16.4. The minimum atomic E-state index is -3.70. The molecule has 2 saturated heterocycles. The Hall–Kier alpha value is -2.65. The molecule has 1 amide bonds. The number of hydrogen-bond acceptors (Lipinski definition) is 5. The number of hydrogen-bond donors (Lipinski definition) is 0. The molecule has 0 radical (unpaired) electrons. The molecule has 0 spiro atoms. The zero-order chi connectivity index (χ0) is 23.7. The number of carbonyl (C=O) groups is 1. The van der Waals surface area contributed by atoms with E-state index in [0.29, 0.717) is 32.6 Å². The van der Waals surface area contributed by atoms with Crippen LogP contribution in [0, 0.1) is 11.7 Å². The number of ether oxygens (including phenoxy) is 2. The lowest BCUT2D eigenvalue weighted by molar-refractivity contribution is -0.137. The summed E-state index contributed by atoms with van der Waals surface area (Å²) in [6, 6.07) is 10.8. The number of rotatable bonds is 4. The van der Waals surface area contributed by atoms with Crippen LogP contribution in [-0.2, 0) is 14.8 Å². The first-order valence-electron chi connectivity index (χ1n) is 11.9. The molecule has 34 heavy (non-hydrogen) atoms. The molecule has 182 valence electrons. The van der Waals surface area contributed by atoms with E-state index in [1.807, 2.05) is 23.1 Å². The molecule has 3 heterocycles. The average Bonchev–Trinajstić information content (AvgIpc) is 3.22. The van der Waals surface area contributed by atoms with Crippen molar-refractivity contribution in [1.29, 1.82) is 0 Å². The number of benzene rings is 2. The normalized spacial score (nSPS) is 21.9. The molecule has 7 nitrogen and oxygen atoms in total. The number of likely N-dealkylation sites (tertiary alicyclic amines) is 1. The van der Waals surface area contributed by atoms with Gasteiger partial charge in [-0.15, -0.1) is 0 Å². The van der Waals surface area contributed by atoms with Crippen LogP contribution in [0.5, 0.6) is 11.5 Å². The Kier molecular flexibility index (Phi) is 6.48. The van der Waals surface area contributed by atoms with Gasteiger partial charge >= 0.3 is 0 Å². The molecule has 3 aliphatic rings. The van der Waals surface area contributed by atoms with Crippen molar-refractivity contribution in [3.05, 3.63) is 53.8 Å². The van der Waals surface area contributed by atoms with Crippen LogP contribution in [0.1, 0.15) is 43.7 Å². The van der Waals surface area contributed by atoms with Gasteiger partial charge in [0.2, 0.25) is 15.9 Å². The molecule has 3 aliphatic heterocycles. The highest BCUT2D eigenvalue weighted by molar-refractivity contribution is 7.89. The number of fused-ring (bicyclic) bond motifs is 1. The third kappa shape index (κ3) is 4.51. The third-order valence-corrected chi connectivity index (χ3v) is 8.86. The lowest BCUT2D eigenvalue weighted by Crippen LogP contribution is -2.44. The monoisotopic (exact) mass is 488 g/mol. The summed E-state index contributed by atoms with van der Waals surface area (Å²) >= 11 is 0. The van der Waals surface area contributed by atoms with Gasteiger partial charge < -0.3 is 14.4 Å². The maximum atomic E-state index is 13.5. The molecule has 2 fully saturated rings. The molecule has 0 saturated carbocycles. The van der Waals surface area contributed by atoms with E-state index in [-0.39, 0.29) is 35.9 Å². The van der Waals surface area contributed by atoms with Gasteiger partial charge in [-0.1, -0.05) is 6.07 Å². The van der Waals surface area contributed by atoms with E-state index in [1.54, 1.807) is 0 Å². The van der Waals surface area contributed by atoms with E-state index in [0.717, 1.165) is 48.5 Å². The Labute approximate surface area is 199 Å². The zero-order valence-electron chi connectivity index (χ0n) is 19.0. The maximum Gasteiger partial charge on any atom is 0.243 e. The van der Waals surface area contributed by atoms with Crippen LogP contribution in [0.2, 0.25) is 0 Å². The summed E-state index contributed by atoms with van der Waals surface area (Å²) in [5, 5.41) is 0. The molecule has 9 heteroatoms. The summed E-state index contributed by atoms with van der Waals surface area (Å²) in [5.41, 5.74) is 1.05. The van der Waals surface area contributed by atoms with Gasteiger partial charge in [-0.2, -0.15) is 4.31 Å². The lowest BCUT2D eigenvalue weighted by atomic mass is 9.95. The molecule has 1 atom stereocenters. The first kappa shape index (κ1) is 23.1. The van der Waals surface area contributed by atoms with Crippen molar-refractivity contribution in [3.63, 3.8) is 0 Å². The van der Waals surface area contributed by atoms with Gasteiger partial charge in [-0.3, -0.25) is 4.79 Å². The summed E-state index contributed by atoms with van der Waals surface area (Å²) in [6.45, 7) is 2.50. The Morgan fingerprint density at radius 1 is 0.882 bits per heavy atom. The Bertz CT molecular complexity index is 1150. The van der Waals surface area contributed by atoms with E-state index < -0.39 is 15.8 Å². The first-order valence-corrected chi connectivity index (χ1v) is 13.3. The van der Waals surface area contributed by atoms with Gasteiger partial charge in [0.05, 0.1) is 24.2 Å². The fourth-order valence-electron chi connectivity index (χ4n) is 5.10. The maximum absolute atomic E-state index is 13.5. The summed E-state index contributed by atoms with van der Waals surface area (Å²) < 4.78 is 52.0. The second-order valence-corrected chi connectivity index (χ2v) is 11.0. The van der Waals surface area contributed by atoms with E-state index in [4.69, 9.17) is 9.47 Å². The highest BCUT2D eigenvalue weighted by Crippen LogP contribution is 2.39. The number of sulfonamides is 1. The van der Waals surface area contributed by atoms with E-state index in [1.165, 1.54) is 16.4 Å². The molecule has 2 aromatic carbocycles. The fourth-order valence-corrected chi connectivity index (χ4v) is 6.57. The van der Waals surface area contributed by atoms with Crippen LogP contribution < -0.4 is 9.47 Å². The average molecular weight is 489 g/mol. The predicted molar refractivity (Wildman–Crippen MR) is 124 cm³/mol. The number of nitrogens with zero attached hydrogens (tertiary/aromatic N) is 2. The Morgan fingerprint density at radius 3 is 2.32 bits per heavy atom. The summed E-state index contributed by atoms with van der Waals surface area (Å²) in [7, 11) is -3.70. The van der Waals surface area contributed by atoms with Gasteiger partial charge in [0.15, 0.2) is 11.5 Å². The molecule has 0 bridgehead atoms. The van der Waals surface area contributed by atoms with Gasteiger partial charge in [0.25, 0.3) is 0 Å². The van der Waals surface area contributed by atoms with E-state index >= 15 is 0 Å². The molecular weight excluding hydrogens is 459 g/mol. The van der Waals surface area contributed by atoms with Crippen molar-refractivity contribution >= 4 is 15.9 Å². The van der Waals surface area contributed by atoms with E-state index in [9.17, 15) is 17.6 Å². The molecular formula is C25H29FN2O5S. The fraction of sp³-hybridized carbons (Fsp3) is 0.480. The summed E-state index contributed by atoms with van der Waals surface area (Å²) in [6.07, 6.45) is 3.62. The van der Waals surface area contributed by atoms with Crippen LogP contribution in [0.4, 0.5) is 4.39 Å². The van der Waals surface area contributed by atoms with Gasteiger partial charge in [0.1, 0.15) is 5.82 Å². The molecule has 0 N–H and O–H groups in total. The Balaban J connectivity index is 1.25. The topological polar surface area (TPSA) is 76.2 Å². The molecule has 5 rings (SSSR count). The molecule has 0 aromatic heterocycles. The molecule has 0 unspecified atom stereocenters. The highest BCUT2D eigenvalue weighted by Gasteiger charge is 2.38. The van der Waals surface area contributed by atoms with Crippen LogP contribution in [0.15, 0.2) is 47.4 Å². The van der Waals surface area contributed by atoms with Crippen molar-refractivity contribution in [1.82, 2.24) is 9.21 Å². The van der Waals surface area contributed by atoms with Gasteiger partial charge in [0, 0.05) is 32.0 Å². The molecule has 2 aromatic rings. The third-order valence-electron chi connectivity index (χ3n) is 6.95. The van der Waals surface area contributed by atoms with Gasteiger partial charge in [-0.05, 0) is 67.6 Å². The number of carbonyl (C=O) groups excluding carboxylic acids is 1. The minimum absolute atomic E-state index is 0.00868. The molecule has 0 aliphatic carbocycles. The van der Waals surface area contributed by atoms with Crippen molar-refractivity contribution in [3.8, 4) is 11.5 Å². The van der Waals surface area contributed by atoms with Gasteiger partial charge in [-0.25, -0.2) is 12.8 Å². The predicted octanol–water partition coefficient (Wildman–Crippen LogP) is 3.75. The van der Waals surface area contributed by atoms with Crippen molar-refractivity contribution in [2.24, 2.45) is 5.92 Å². The van der Waals surface area contributed by atoms with E-state index in [2.05, 4.69) is 0 Å². The SMILES string of the molecule is O=C(C1CCN(S(=O)(=O)c2ccc(F)cc2)CC1)N1CCC[C@H]1c1ccc2c(c1)OCCCO2. The zero-order valence-corrected chi connectivity index (χ0v) is 19.8. The minimum Gasteiger partial charge on any atom is -0.490 e. The second-order valence-electron chi connectivity index (χ2n) is 9.08. The van der Waals surface area contributed by atoms with Crippen LogP contribution in [0.3, 0.4) is 0 Å². The lowest BCUT2D eigenvalue weighted by Gasteiger charge is -2.34. The summed E-state index contributed by atoms with van der Waals surface area (Å²) in [4.78, 5) is 15.5. The number of amides is 1.